The largest absolute Gasteiger partial charge is 0.383 e. The van der Waals surface area contributed by atoms with Gasteiger partial charge in [-0.05, 0) is 13.8 Å². The molecule has 2 aromatic heterocycles. The Kier molecular flexibility index (Phi) is 3.28. The first-order valence-electron chi connectivity index (χ1n) is 5.26. The van der Waals surface area contributed by atoms with Gasteiger partial charge in [-0.15, -0.1) is 11.3 Å². The lowest BCUT2D eigenvalue weighted by Gasteiger charge is -2.24. The van der Waals surface area contributed by atoms with E-state index in [1.54, 1.807) is 18.4 Å². The summed E-state index contributed by atoms with van der Waals surface area (Å²) in [6.45, 7) is 5.70. The van der Waals surface area contributed by atoms with Gasteiger partial charge in [0.2, 0.25) is 0 Å². The summed E-state index contributed by atoms with van der Waals surface area (Å²) < 4.78 is 7.20. The van der Waals surface area contributed by atoms with E-state index in [1.807, 2.05) is 16.0 Å². The maximum Gasteiger partial charge on any atom is 0.193 e. The van der Waals surface area contributed by atoms with Gasteiger partial charge in [-0.25, -0.2) is 4.98 Å². The van der Waals surface area contributed by atoms with Crippen LogP contribution in [0.5, 0.6) is 0 Å². The molecule has 0 saturated heterocycles. The van der Waals surface area contributed by atoms with Gasteiger partial charge < -0.3 is 10.1 Å². The first kappa shape index (κ1) is 11.6. The molecule has 16 heavy (non-hydrogen) atoms. The third-order valence-corrected chi connectivity index (χ3v) is 3.17. The van der Waals surface area contributed by atoms with Crippen LogP contribution in [0.1, 0.15) is 19.5 Å². The minimum absolute atomic E-state index is 0.0220. The minimum atomic E-state index is -0.0220. The molecule has 5 heteroatoms. The number of imidazole rings is 1. The van der Waals surface area contributed by atoms with Crippen molar-refractivity contribution in [2.45, 2.75) is 25.9 Å². The van der Waals surface area contributed by atoms with Gasteiger partial charge in [0.15, 0.2) is 4.96 Å². The summed E-state index contributed by atoms with van der Waals surface area (Å²) in [5.41, 5.74) is 1.04. The molecule has 2 rings (SSSR count). The van der Waals surface area contributed by atoms with Crippen molar-refractivity contribution in [2.75, 3.05) is 13.7 Å². The monoisotopic (exact) mass is 239 g/mol. The van der Waals surface area contributed by atoms with Crippen molar-refractivity contribution >= 4 is 16.3 Å². The SMILES string of the molecule is COCC(C)(C)NCc1cn2ccsc2n1. The van der Waals surface area contributed by atoms with Crippen LogP contribution in [-0.2, 0) is 11.3 Å². The first-order valence-corrected chi connectivity index (χ1v) is 6.14. The summed E-state index contributed by atoms with van der Waals surface area (Å²) in [7, 11) is 1.72. The number of hydrogen-bond acceptors (Lipinski definition) is 4. The highest BCUT2D eigenvalue weighted by molar-refractivity contribution is 7.15. The van der Waals surface area contributed by atoms with Crippen LogP contribution in [-0.4, -0.2) is 28.6 Å². The summed E-state index contributed by atoms with van der Waals surface area (Å²) in [5, 5.41) is 5.47. The van der Waals surface area contributed by atoms with Crippen LogP contribution < -0.4 is 5.32 Å². The van der Waals surface area contributed by atoms with Crippen LogP contribution in [0.25, 0.3) is 4.96 Å². The van der Waals surface area contributed by atoms with Crippen molar-refractivity contribution in [3.05, 3.63) is 23.5 Å². The topological polar surface area (TPSA) is 38.6 Å². The second-order valence-corrected chi connectivity index (χ2v) is 5.37. The standard InChI is InChI=1S/C11H17N3OS/c1-11(2,8-15-3)12-6-9-7-14-4-5-16-10(14)13-9/h4-5,7,12H,6,8H2,1-3H3. The molecule has 0 bridgehead atoms. The maximum absolute atomic E-state index is 5.15. The molecule has 0 aliphatic rings. The fourth-order valence-corrected chi connectivity index (χ4v) is 2.32. The predicted molar refractivity (Wildman–Crippen MR) is 65.9 cm³/mol. The van der Waals surface area contributed by atoms with Crippen molar-refractivity contribution in [3.63, 3.8) is 0 Å². The Morgan fingerprint density at radius 2 is 2.38 bits per heavy atom. The highest BCUT2D eigenvalue weighted by atomic mass is 32.1. The zero-order valence-corrected chi connectivity index (χ0v) is 10.7. The Labute approximate surface area is 99.3 Å². The van der Waals surface area contributed by atoms with Crippen molar-refractivity contribution in [1.82, 2.24) is 14.7 Å². The van der Waals surface area contributed by atoms with Crippen LogP contribution >= 0.6 is 11.3 Å². The molecule has 2 heterocycles. The molecular formula is C11H17N3OS. The van der Waals surface area contributed by atoms with E-state index >= 15 is 0 Å². The molecule has 1 N–H and O–H groups in total. The molecule has 0 fully saturated rings. The van der Waals surface area contributed by atoms with Gasteiger partial charge in [0.25, 0.3) is 0 Å². The number of aromatic nitrogens is 2. The molecule has 0 aliphatic heterocycles. The molecule has 0 amide bonds. The van der Waals surface area contributed by atoms with E-state index in [9.17, 15) is 0 Å². The van der Waals surface area contributed by atoms with Crippen molar-refractivity contribution in [1.29, 1.82) is 0 Å². The Morgan fingerprint density at radius 3 is 3.06 bits per heavy atom. The van der Waals surface area contributed by atoms with Crippen LogP contribution in [0, 0.1) is 0 Å². The van der Waals surface area contributed by atoms with Crippen molar-refractivity contribution < 1.29 is 4.74 Å². The van der Waals surface area contributed by atoms with Gasteiger partial charge in [0.1, 0.15) is 0 Å². The lowest BCUT2D eigenvalue weighted by Crippen LogP contribution is -2.42. The van der Waals surface area contributed by atoms with E-state index in [1.165, 1.54) is 0 Å². The van der Waals surface area contributed by atoms with E-state index in [-0.39, 0.29) is 5.54 Å². The highest BCUT2D eigenvalue weighted by Gasteiger charge is 2.16. The predicted octanol–water partition coefficient (Wildman–Crippen LogP) is 1.91. The summed E-state index contributed by atoms with van der Waals surface area (Å²) in [5.74, 6) is 0. The lowest BCUT2D eigenvalue weighted by molar-refractivity contribution is 0.127. The molecule has 2 aromatic rings. The second-order valence-electron chi connectivity index (χ2n) is 4.50. The van der Waals surface area contributed by atoms with Crippen molar-refractivity contribution in [3.8, 4) is 0 Å². The molecule has 0 unspecified atom stereocenters. The summed E-state index contributed by atoms with van der Waals surface area (Å²) in [4.78, 5) is 5.56. The average Bonchev–Trinajstić information content (AvgIpc) is 2.73. The minimum Gasteiger partial charge on any atom is -0.383 e. The number of methoxy groups -OCH3 is 1. The molecule has 0 atom stereocenters. The second kappa shape index (κ2) is 4.53. The molecule has 4 nitrogen and oxygen atoms in total. The van der Waals surface area contributed by atoms with E-state index in [4.69, 9.17) is 4.74 Å². The number of nitrogens with one attached hydrogen (secondary N) is 1. The lowest BCUT2D eigenvalue weighted by atomic mass is 10.1. The Balaban J connectivity index is 1.97. The van der Waals surface area contributed by atoms with Gasteiger partial charge in [0, 0.05) is 37.0 Å². The molecule has 0 aliphatic carbocycles. The van der Waals surface area contributed by atoms with E-state index in [2.05, 4.69) is 30.3 Å². The number of hydrogen-bond donors (Lipinski definition) is 1. The number of ether oxygens (including phenoxy) is 1. The third kappa shape index (κ3) is 2.61. The third-order valence-electron chi connectivity index (χ3n) is 2.40. The first-order chi connectivity index (χ1) is 7.61. The Morgan fingerprint density at radius 1 is 1.56 bits per heavy atom. The zero-order valence-electron chi connectivity index (χ0n) is 9.86. The molecule has 0 saturated carbocycles. The quantitative estimate of drug-likeness (QED) is 0.866. The Hall–Kier alpha value is -0.910. The molecule has 0 spiro atoms. The van der Waals surface area contributed by atoms with Crippen LogP contribution in [0.3, 0.4) is 0 Å². The van der Waals surface area contributed by atoms with E-state index < -0.39 is 0 Å². The zero-order chi connectivity index (χ0) is 11.6. The average molecular weight is 239 g/mol. The molecule has 0 aromatic carbocycles. The fourth-order valence-electron chi connectivity index (χ4n) is 1.60. The molecule has 88 valence electrons. The number of fused-ring (bicyclic) bond motifs is 1. The molecular weight excluding hydrogens is 222 g/mol. The normalized spacial score (nSPS) is 12.4. The Bertz CT molecular complexity index is 432. The van der Waals surface area contributed by atoms with E-state index in [0.717, 1.165) is 17.2 Å². The van der Waals surface area contributed by atoms with Gasteiger partial charge in [-0.2, -0.15) is 0 Å². The summed E-state index contributed by atoms with van der Waals surface area (Å²) in [6, 6.07) is 0. The van der Waals surface area contributed by atoms with Crippen LogP contribution in [0.15, 0.2) is 17.8 Å². The summed E-state index contributed by atoms with van der Waals surface area (Å²) >= 11 is 1.65. The van der Waals surface area contributed by atoms with Gasteiger partial charge in [-0.1, -0.05) is 0 Å². The molecule has 0 radical (unpaired) electrons. The fraction of sp³-hybridized carbons (Fsp3) is 0.545. The number of nitrogens with zero attached hydrogens (tertiary/aromatic N) is 2. The van der Waals surface area contributed by atoms with Crippen LogP contribution in [0.4, 0.5) is 0 Å². The van der Waals surface area contributed by atoms with E-state index in [0.29, 0.717) is 6.61 Å². The van der Waals surface area contributed by atoms with Gasteiger partial charge >= 0.3 is 0 Å². The van der Waals surface area contributed by atoms with Gasteiger partial charge in [-0.3, -0.25) is 4.40 Å². The van der Waals surface area contributed by atoms with Crippen molar-refractivity contribution in [2.24, 2.45) is 0 Å². The summed E-state index contributed by atoms with van der Waals surface area (Å²) in [6.07, 6.45) is 4.08. The number of rotatable bonds is 5. The number of thiazole rings is 1. The maximum atomic E-state index is 5.15. The van der Waals surface area contributed by atoms with Gasteiger partial charge in [0.05, 0.1) is 12.3 Å². The van der Waals surface area contributed by atoms with Crippen LogP contribution in [0.2, 0.25) is 0 Å². The smallest absolute Gasteiger partial charge is 0.193 e. The highest BCUT2D eigenvalue weighted by Crippen LogP contribution is 2.12.